The highest BCUT2D eigenvalue weighted by molar-refractivity contribution is 7.14. The number of thiazole rings is 2. The van der Waals surface area contributed by atoms with Gasteiger partial charge in [0.05, 0.1) is 35.2 Å². The second-order valence-corrected chi connectivity index (χ2v) is 15.2. The first kappa shape index (κ1) is 40.9. The summed E-state index contributed by atoms with van der Waals surface area (Å²) in [6.45, 7) is 4.77. The van der Waals surface area contributed by atoms with Crippen LogP contribution in [0.25, 0.3) is 0 Å². The van der Waals surface area contributed by atoms with E-state index in [1.807, 2.05) is 109 Å². The predicted octanol–water partition coefficient (Wildman–Crippen LogP) is 8.80. The number of anilines is 1. The topological polar surface area (TPSA) is 115 Å². The fraction of sp³-hybridized carbons (Fsp3) is 0.273. The zero-order chi connectivity index (χ0) is 39.7. The predicted molar refractivity (Wildman–Crippen MR) is 224 cm³/mol. The quantitative estimate of drug-likeness (QED) is 0.0809. The summed E-state index contributed by atoms with van der Waals surface area (Å²) in [5.74, 6) is 1.52. The summed E-state index contributed by atoms with van der Waals surface area (Å²) in [5, 5.41) is 3.80. The molecule has 0 bridgehead atoms. The number of alkyl carbamates (subject to hydrolysis) is 1. The molecule has 0 aliphatic heterocycles. The van der Waals surface area contributed by atoms with Crippen molar-refractivity contribution in [3.05, 3.63) is 160 Å². The second-order valence-electron chi connectivity index (χ2n) is 13.3. The maximum absolute atomic E-state index is 13.5. The van der Waals surface area contributed by atoms with Crippen LogP contribution in [0.5, 0.6) is 11.5 Å². The Balaban J connectivity index is 1.18. The Hall–Kier alpha value is -5.76. The van der Waals surface area contributed by atoms with Crippen molar-refractivity contribution < 1.29 is 28.5 Å². The average Bonchev–Trinajstić information content (AvgIpc) is 3.99. The molecule has 0 radical (unpaired) electrons. The Kier molecular flexibility index (Phi) is 15.4. The summed E-state index contributed by atoms with van der Waals surface area (Å²) in [4.78, 5) is 39.8. The number of nitrogens with zero attached hydrogens (tertiary/aromatic N) is 4. The molecule has 13 heteroatoms. The monoisotopic (exact) mass is 805 g/mol. The summed E-state index contributed by atoms with van der Waals surface area (Å²) < 4.78 is 23.0. The van der Waals surface area contributed by atoms with Gasteiger partial charge in [-0.1, -0.05) is 91.9 Å². The van der Waals surface area contributed by atoms with E-state index in [-0.39, 0.29) is 18.7 Å². The molecule has 0 saturated carbocycles. The van der Waals surface area contributed by atoms with E-state index in [1.54, 1.807) is 28.3 Å². The highest BCUT2D eigenvalue weighted by Crippen LogP contribution is 2.26. The molecule has 57 heavy (non-hydrogen) atoms. The summed E-state index contributed by atoms with van der Waals surface area (Å²) in [6.07, 6.45) is 3.45. The van der Waals surface area contributed by atoms with E-state index in [0.29, 0.717) is 50.7 Å². The number of nitrogens with one attached hydrogen (secondary N) is 1. The summed E-state index contributed by atoms with van der Waals surface area (Å²) >= 11 is 2.81. The van der Waals surface area contributed by atoms with Crippen LogP contribution in [0.2, 0.25) is 0 Å². The summed E-state index contributed by atoms with van der Waals surface area (Å²) in [5.41, 5.74) is 7.64. The molecule has 0 spiro atoms. The molecule has 296 valence electrons. The number of likely N-dealkylation sites (N-methyl/N-ethyl adjacent to an activating group) is 1. The first-order valence-electron chi connectivity index (χ1n) is 18.8. The van der Waals surface area contributed by atoms with Gasteiger partial charge in [-0.2, -0.15) is 0 Å². The van der Waals surface area contributed by atoms with Gasteiger partial charge in [0.1, 0.15) is 36.3 Å². The van der Waals surface area contributed by atoms with E-state index >= 15 is 0 Å². The molecule has 0 fully saturated rings. The minimum absolute atomic E-state index is 0.134. The first-order chi connectivity index (χ1) is 27.9. The molecule has 2 amide bonds. The highest BCUT2D eigenvalue weighted by Gasteiger charge is 2.30. The molecular formula is C44H47N5O6S2. The van der Waals surface area contributed by atoms with Gasteiger partial charge in [-0.15, -0.1) is 22.7 Å². The van der Waals surface area contributed by atoms with Crippen molar-refractivity contribution in [1.82, 2.24) is 20.2 Å². The molecule has 0 aliphatic rings. The number of ether oxygens (including phenoxy) is 4. The minimum Gasteiger partial charge on any atom is -0.489 e. The maximum atomic E-state index is 13.5. The lowest BCUT2D eigenvalue weighted by atomic mass is 10.0. The number of methoxy groups -OCH3 is 1. The molecule has 2 atom stereocenters. The number of carbonyl (C=O) groups is 2. The van der Waals surface area contributed by atoms with E-state index in [2.05, 4.69) is 27.1 Å². The Bertz CT molecular complexity index is 2050. The lowest BCUT2D eigenvalue weighted by Crippen LogP contribution is -2.52. The van der Waals surface area contributed by atoms with Crippen molar-refractivity contribution in [2.24, 2.45) is 0 Å². The molecule has 6 aromatic rings. The van der Waals surface area contributed by atoms with Crippen LogP contribution < -0.4 is 19.7 Å². The van der Waals surface area contributed by atoms with Gasteiger partial charge >= 0.3 is 12.2 Å². The van der Waals surface area contributed by atoms with E-state index in [4.69, 9.17) is 18.9 Å². The van der Waals surface area contributed by atoms with Crippen molar-refractivity contribution in [2.75, 3.05) is 31.6 Å². The molecule has 0 aliphatic carbocycles. The van der Waals surface area contributed by atoms with Crippen molar-refractivity contribution in [2.45, 2.75) is 51.7 Å². The third-order valence-corrected chi connectivity index (χ3v) is 10.8. The van der Waals surface area contributed by atoms with Gasteiger partial charge in [-0.05, 0) is 65.9 Å². The van der Waals surface area contributed by atoms with Crippen LogP contribution in [0.1, 0.15) is 34.1 Å². The van der Waals surface area contributed by atoms with Crippen LogP contribution in [0.3, 0.4) is 0 Å². The van der Waals surface area contributed by atoms with E-state index in [1.165, 1.54) is 29.8 Å². The summed E-state index contributed by atoms with van der Waals surface area (Å²) in [6, 6.07) is 35.3. The number of benzene rings is 4. The van der Waals surface area contributed by atoms with E-state index in [0.717, 1.165) is 38.6 Å². The van der Waals surface area contributed by atoms with Gasteiger partial charge in [0.2, 0.25) is 0 Å². The maximum Gasteiger partial charge on any atom is 0.415 e. The van der Waals surface area contributed by atoms with Gasteiger partial charge in [-0.25, -0.2) is 9.59 Å². The van der Waals surface area contributed by atoms with E-state index in [9.17, 15) is 9.59 Å². The number of carbonyl (C=O) groups excluding carboxylic acids is 2. The zero-order valence-corrected chi connectivity index (χ0v) is 33.7. The van der Waals surface area contributed by atoms with Crippen LogP contribution in [0, 0.1) is 0 Å². The summed E-state index contributed by atoms with van der Waals surface area (Å²) in [7, 11) is 1.39. The Morgan fingerprint density at radius 3 is 1.79 bits per heavy atom. The molecule has 2 heterocycles. The normalized spacial score (nSPS) is 12.1. The molecule has 11 nitrogen and oxygen atoms in total. The Morgan fingerprint density at radius 2 is 1.26 bits per heavy atom. The Labute approximate surface area is 341 Å². The number of hydrogen-bond acceptors (Lipinski definition) is 11. The molecule has 4 aromatic carbocycles. The van der Waals surface area contributed by atoms with Crippen LogP contribution in [-0.4, -0.2) is 65.9 Å². The van der Waals surface area contributed by atoms with Crippen molar-refractivity contribution in [1.29, 1.82) is 0 Å². The van der Waals surface area contributed by atoms with Crippen LogP contribution in [0.15, 0.2) is 133 Å². The molecule has 1 unspecified atom stereocenters. The number of rotatable bonds is 20. The van der Waals surface area contributed by atoms with Crippen LogP contribution in [0.4, 0.5) is 14.6 Å². The standard InChI is InChI=1S/C44H47N5O6S2/c1-3-48(26-37(47-43(50)55-30-41-24-45-31-56-41)22-33-14-18-39(19-15-33)53-28-35-10-6-4-7-11-35)27-38(49(44(51)52-2)42-25-46-32-57-42)23-34-16-20-40(21-17-34)54-29-36-12-8-5-9-13-36/h4-21,24-25,31-32,37-38H,3,22-23,26-30H2,1-2H3,(H,47,50)/t37-,38?/m0/s1. The molecule has 0 saturated heterocycles. The molecule has 1 N–H and O–H groups in total. The number of amides is 2. The van der Waals surface area contributed by atoms with Crippen LogP contribution in [-0.2, 0) is 42.1 Å². The fourth-order valence-corrected chi connectivity index (χ4v) is 7.52. The van der Waals surface area contributed by atoms with Gasteiger partial charge in [-0.3, -0.25) is 19.8 Å². The third kappa shape index (κ3) is 12.9. The first-order valence-corrected chi connectivity index (χ1v) is 20.5. The second kappa shape index (κ2) is 21.5. The zero-order valence-electron chi connectivity index (χ0n) is 32.1. The largest absolute Gasteiger partial charge is 0.489 e. The van der Waals surface area contributed by atoms with Crippen molar-refractivity contribution >= 4 is 39.9 Å². The van der Waals surface area contributed by atoms with Gasteiger partial charge in [0.15, 0.2) is 0 Å². The SMILES string of the molecule is CCN(CC(Cc1ccc(OCc2ccccc2)cc1)N(C(=O)OC)c1cncs1)C[C@H](Cc1ccc(OCc2ccccc2)cc1)NC(=O)OCc1cncs1. The van der Waals surface area contributed by atoms with E-state index < -0.39 is 12.2 Å². The van der Waals surface area contributed by atoms with Crippen molar-refractivity contribution in [3.8, 4) is 11.5 Å². The molecular weight excluding hydrogens is 759 g/mol. The third-order valence-electron chi connectivity index (χ3n) is 9.24. The lowest BCUT2D eigenvalue weighted by molar-refractivity contribution is 0.132. The Morgan fingerprint density at radius 1 is 0.684 bits per heavy atom. The average molecular weight is 806 g/mol. The van der Waals surface area contributed by atoms with Crippen LogP contribution >= 0.6 is 22.7 Å². The number of aromatic nitrogens is 2. The van der Waals surface area contributed by atoms with Gasteiger partial charge in [0.25, 0.3) is 0 Å². The molecule has 6 rings (SSSR count). The smallest absolute Gasteiger partial charge is 0.415 e. The number of hydrogen-bond donors (Lipinski definition) is 1. The van der Waals surface area contributed by atoms with Gasteiger partial charge in [0, 0.05) is 25.3 Å². The van der Waals surface area contributed by atoms with Gasteiger partial charge < -0.3 is 24.3 Å². The minimum atomic E-state index is -0.515. The fourth-order valence-electron chi connectivity index (χ4n) is 6.33. The molecule has 2 aromatic heterocycles. The lowest BCUT2D eigenvalue weighted by Gasteiger charge is -2.35. The highest BCUT2D eigenvalue weighted by atomic mass is 32.1. The van der Waals surface area contributed by atoms with Crippen molar-refractivity contribution in [3.63, 3.8) is 0 Å².